The quantitative estimate of drug-likeness (QED) is 0.213. The van der Waals surface area contributed by atoms with Gasteiger partial charge in [-0.15, -0.1) is 5.10 Å². The molecule has 1 aliphatic carbocycles. The minimum absolute atomic E-state index is 0.702. The monoisotopic (exact) mass is 541 g/mol. The lowest BCUT2D eigenvalue weighted by atomic mass is 10.1. The van der Waals surface area contributed by atoms with Gasteiger partial charge < -0.3 is 8.83 Å². The molecule has 0 atom stereocenters. The molecule has 0 saturated carbocycles. The average molecular weight is 542 g/mol. The standard InChI is InChI=1S/C37H23N3O2/c1-2-4-12-32-24(9-3-1)15-16-27-23-37(38-40(27)32)39(25-17-19-35-30(21-25)28-10-5-7-13-33(28)41-35)26-18-20-36-31(22-26)29-11-6-8-14-34(29)42-36/h5-23H,3-4H2/b24-9-,32-12+. The number of pyridine rings is 1. The Morgan fingerprint density at radius 2 is 1.19 bits per heavy atom. The third-order valence-electron chi connectivity index (χ3n) is 8.09. The van der Waals surface area contributed by atoms with E-state index in [4.69, 9.17) is 13.9 Å². The molecular formula is C37H23N3O2. The van der Waals surface area contributed by atoms with Crippen LogP contribution in [0.1, 0.15) is 12.8 Å². The van der Waals surface area contributed by atoms with Gasteiger partial charge in [0.15, 0.2) is 5.82 Å². The number of hydrogen-bond acceptors (Lipinski definition) is 4. The molecule has 5 heteroatoms. The second kappa shape index (κ2) is 8.89. The Morgan fingerprint density at radius 3 is 1.86 bits per heavy atom. The van der Waals surface area contributed by atoms with Crippen molar-refractivity contribution >= 4 is 78.7 Å². The van der Waals surface area contributed by atoms with Crippen molar-refractivity contribution in [2.75, 3.05) is 4.90 Å². The van der Waals surface area contributed by atoms with Crippen LogP contribution >= 0.6 is 0 Å². The maximum Gasteiger partial charge on any atom is 0.160 e. The maximum atomic E-state index is 6.16. The van der Waals surface area contributed by atoms with Crippen molar-refractivity contribution in [2.24, 2.45) is 0 Å². The highest BCUT2D eigenvalue weighted by Gasteiger charge is 2.20. The average Bonchev–Trinajstić information content (AvgIpc) is 3.70. The minimum Gasteiger partial charge on any atom is -0.456 e. The molecule has 5 nitrogen and oxygen atoms in total. The van der Waals surface area contributed by atoms with E-state index in [1.165, 1.54) is 0 Å². The molecule has 9 rings (SSSR count). The van der Waals surface area contributed by atoms with Crippen molar-refractivity contribution in [1.82, 2.24) is 9.61 Å². The first-order chi connectivity index (χ1) is 20.8. The lowest BCUT2D eigenvalue weighted by molar-refractivity contribution is 0.668. The Balaban J connectivity index is 1.32. The van der Waals surface area contributed by atoms with Crippen LogP contribution < -0.4 is 15.5 Å². The smallest absolute Gasteiger partial charge is 0.160 e. The van der Waals surface area contributed by atoms with Gasteiger partial charge in [-0.05, 0) is 65.9 Å². The maximum absolute atomic E-state index is 6.16. The SMILES string of the molecule is C1#CC/C=c2\c(ccc3cc(N(c4ccc5oc6ccccc6c5c4)c4ccc5oc6ccccc6c5c4)nn23)=C/C1. The zero-order valence-corrected chi connectivity index (χ0v) is 22.5. The molecule has 0 spiro atoms. The summed E-state index contributed by atoms with van der Waals surface area (Å²) in [4.78, 5) is 2.22. The number of rotatable bonds is 3. The fourth-order valence-corrected chi connectivity index (χ4v) is 6.14. The van der Waals surface area contributed by atoms with Crippen LogP contribution in [0, 0.1) is 11.8 Å². The predicted octanol–water partition coefficient (Wildman–Crippen LogP) is 7.96. The number of furan rings is 2. The van der Waals surface area contributed by atoms with Gasteiger partial charge in [0.25, 0.3) is 0 Å². The van der Waals surface area contributed by atoms with Gasteiger partial charge in [0, 0.05) is 51.8 Å². The van der Waals surface area contributed by atoms with Crippen LogP contribution in [0.3, 0.4) is 0 Å². The number of para-hydroxylation sites is 2. The van der Waals surface area contributed by atoms with Crippen LogP contribution in [-0.4, -0.2) is 9.61 Å². The number of anilines is 3. The molecule has 4 heterocycles. The summed E-state index contributed by atoms with van der Waals surface area (Å²) in [6.45, 7) is 0. The number of aromatic nitrogens is 2. The first kappa shape index (κ1) is 23.0. The summed E-state index contributed by atoms with van der Waals surface area (Å²) in [6, 6.07) is 35.5. The van der Waals surface area contributed by atoms with E-state index in [0.717, 1.165) is 83.6 Å². The second-order valence-electron chi connectivity index (χ2n) is 10.6. The third kappa shape index (κ3) is 3.49. The van der Waals surface area contributed by atoms with E-state index in [1.54, 1.807) is 0 Å². The van der Waals surface area contributed by atoms with Gasteiger partial charge in [-0.3, -0.25) is 4.90 Å². The van der Waals surface area contributed by atoms with Crippen molar-refractivity contribution in [1.29, 1.82) is 0 Å². The molecule has 4 aromatic carbocycles. The molecule has 1 aliphatic rings. The molecule has 0 aliphatic heterocycles. The van der Waals surface area contributed by atoms with Crippen molar-refractivity contribution < 1.29 is 8.83 Å². The van der Waals surface area contributed by atoms with E-state index >= 15 is 0 Å². The molecular weight excluding hydrogens is 518 g/mol. The Morgan fingerprint density at radius 1 is 0.595 bits per heavy atom. The van der Waals surface area contributed by atoms with E-state index in [2.05, 4.69) is 95.6 Å². The molecule has 0 unspecified atom stereocenters. The summed E-state index contributed by atoms with van der Waals surface area (Å²) in [5.74, 6) is 7.25. The summed E-state index contributed by atoms with van der Waals surface area (Å²) in [6.07, 6.45) is 5.78. The van der Waals surface area contributed by atoms with Crippen molar-refractivity contribution in [3.8, 4) is 11.8 Å². The van der Waals surface area contributed by atoms with E-state index in [0.29, 0.717) is 6.42 Å². The Hall–Kier alpha value is -5.73. The van der Waals surface area contributed by atoms with E-state index in [-0.39, 0.29) is 0 Å². The van der Waals surface area contributed by atoms with E-state index in [1.807, 2.05) is 40.9 Å². The molecule has 0 radical (unpaired) electrons. The van der Waals surface area contributed by atoms with E-state index < -0.39 is 0 Å². The Bertz CT molecular complexity index is 2440. The van der Waals surface area contributed by atoms with Crippen LogP contribution in [0.2, 0.25) is 0 Å². The fraction of sp³-hybridized carbons (Fsp3) is 0.0541. The first-order valence-corrected chi connectivity index (χ1v) is 14.1. The fourth-order valence-electron chi connectivity index (χ4n) is 6.14. The topological polar surface area (TPSA) is 46.8 Å². The highest BCUT2D eigenvalue weighted by Crippen LogP contribution is 2.40. The van der Waals surface area contributed by atoms with Crippen LogP contribution in [0.25, 0.3) is 61.5 Å². The van der Waals surface area contributed by atoms with Gasteiger partial charge in [-0.2, -0.15) is 0 Å². The summed E-state index contributed by atoms with van der Waals surface area (Å²) in [7, 11) is 0. The largest absolute Gasteiger partial charge is 0.456 e. The van der Waals surface area contributed by atoms with Crippen LogP contribution in [0.5, 0.6) is 0 Å². The number of benzene rings is 4. The molecule has 0 bridgehead atoms. The molecule has 0 amide bonds. The Kier molecular flexibility index (Phi) is 4.87. The van der Waals surface area contributed by atoms with Crippen LogP contribution in [0.4, 0.5) is 17.2 Å². The molecule has 0 saturated heterocycles. The highest BCUT2D eigenvalue weighted by molar-refractivity contribution is 6.08. The molecule has 0 fully saturated rings. The summed E-state index contributed by atoms with van der Waals surface area (Å²) >= 11 is 0. The van der Waals surface area contributed by atoms with Gasteiger partial charge in [0.05, 0.1) is 10.9 Å². The lowest BCUT2D eigenvalue weighted by Gasteiger charge is -2.23. The molecule has 0 N–H and O–H groups in total. The van der Waals surface area contributed by atoms with Crippen molar-refractivity contribution in [2.45, 2.75) is 12.8 Å². The Labute approximate surface area is 240 Å². The second-order valence-corrected chi connectivity index (χ2v) is 10.6. The molecule has 8 aromatic rings. The van der Waals surface area contributed by atoms with Gasteiger partial charge in [-0.1, -0.05) is 60.4 Å². The predicted molar refractivity (Wildman–Crippen MR) is 170 cm³/mol. The van der Waals surface area contributed by atoms with E-state index in [9.17, 15) is 0 Å². The number of fused-ring (bicyclic) bond motifs is 9. The van der Waals surface area contributed by atoms with Crippen molar-refractivity contribution in [3.63, 3.8) is 0 Å². The summed E-state index contributed by atoms with van der Waals surface area (Å²) in [5, 5.41) is 11.7. The normalized spacial score (nSPS) is 14.6. The van der Waals surface area contributed by atoms with Crippen LogP contribution in [0.15, 0.2) is 112 Å². The van der Waals surface area contributed by atoms with Crippen molar-refractivity contribution in [3.05, 3.63) is 114 Å². The molecule has 198 valence electrons. The highest BCUT2D eigenvalue weighted by atomic mass is 16.3. The van der Waals surface area contributed by atoms with Gasteiger partial charge in [-0.25, -0.2) is 4.52 Å². The van der Waals surface area contributed by atoms with Crippen LogP contribution in [-0.2, 0) is 0 Å². The summed E-state index contributed by atoms with van der Waals surface area (Å²) in [5.41, 5.74) is 6.49. The van der Waals surface area contributed by atoms with Gasteiger partial charge >= 0.3 is 0 Å². The third-order valence-corrected chi connectivity index (χ3v) is 8.09. The lowest BCUT2D eigenvalue weighted by Crippen LogP contribution is -2.32. The number of nitrogens with zero attached hydrogens (tertiary/aromatic N) is 3. The summed E-state index contributed by atoms with van der Waals surface area (Å²) < 4.78 is 14.4. The minimum atomic E-state index is 0.702. The molecule has 42 heavy (non-hydrogen) atoms. The number of hydrogen-bond donors (Lipinski definition) is 0. The zero-order valence-electron chi connectivity index (χ0n) is 22.5. The molecule has 4 aromatic heterocycles. The van der Waals surface area contributed by atoms with Gasteiger partial charge in [0.2, 0.25) is 0 Å². The zero-order chi connectivity index (χ0) is 27.6. The first-order valence-electron chi connectivity index (χ1n) is 14.1. The van der Waals surface area contributed by atoms with Gasteiger partial charge in [0.1, 0.15) is 22.3 Å².